The summed E-state index contributed by atoms with van der Waals surface area (Å²) in [7, 11) is 1.50. The highest BCUT2D eigenvalue weighted by Gasteiger charge is 2.47. The third-order valence-electron chi connectivity index (χ3n) is 5.91. The summed E-state index contributed by atoms with van der Waals surface area (Å²) in [5, 5.41) is 11.7. The number of carbonyl (C=O) groups excluding carboxylic acids is 2. The van der Waals surface area contributed by atoms with Crippen molar-refractivity contribution in [3.8, 4) is 11.5 Å². The highest BCUT2D eigenvalue weighted by molar-refractivity contribution is 6.51. The topological polar surface area (TPSA) is 76.1 Å². The third-order valence-corrected chi connectivity index (χ3v) is 6.20. The normalized spacial score (nSPS) is 17.1. The van der Waals surface area contributed by atoms with E-state index < -0.39 is 17.7 Å². The summed E-state index contributed by atoms with van der Waals surface area (Å²) in [4.78, 5) is 28.1. The Hall–Kier alpha value is -3.77. The molecule has 7 heteroatoms. The van der Waals surface area contributed by atoms with Crippen LogP contribution < -0.4 is 14.4 Å². The van der Waals surface area contributed by atoms with Gasteiger partial charge < -0.3 is 14.6 Å². The van der Waals surface area contributed by atoms with Gasteiger partial charge in [-0.1, -0.05) is 67.4 Å². The van der Waals surface area contributed by atoms with Crippen molar-refractivity contribution in [1.29, 1.82) is 0 Å². The van der Waals surface area contributed by atoms with Crippen LogP contribution in [-0.4, -0.2) is 30.5 Å². The van der Waals surface area contributed by atoms with Gasteiger partial charge in [-0.3, -0.25) is 14.5 Å². The number of amides is 1. The molecule has 1 amide bonds. The predicted molar refractivity (Wildman–Crippen MR) is 141 cm³/mol. The predicted octanol–water partition coefficient (Wildman–Crippen LogP) is 6.32. The van der Waals surface area contributed by atoms with E-state index in [1.807, 2.05) is 45.0 Å². The zero-order valence-electron chi connectivity index (χ0n) is 20.6. The largest absolute Gasteiger partial charge is 0.507 e. The van der Waals surface area contributed by atoms with Gasteiger partial charge in [0.2, 0.25) is 0 Å². The molecule has 1 fully saturated rings. The zero-order chi connectivity index (χ0) is 26.0. The molecule has 0 aromatic heterocycles. The molecule has 1 aliphatic rings. The number of ketones is 1. The second-order valence-corrected chi connectivity index (χ2v) is 9.54. The van der Waals surface area contributed by atoms with Crippen LogP contribution in [0, 0.1) is 12.8 Å². The molecule has 0 aliphatic carbocycles. The maximum Gasteiger partial charge on any atom is 0.300 e. The van der Waals surface area contributed by atoms with Crippen molar-refractivity contribution in [2.75, 3.05) is 18.6 Å². The van der Waals surface area contributed by atoms with E-state index in [-0.39, 0.29) is 11.3 Å². The Kier molecular flexibility index (Phi) is 7.36. The fraction of sp³-hybridized carbons (Fsp3) is 0.241. The summed E-state index contributed by atoms with van der Waals surface area (Å²) >= 11 is 6.35. The fourth-order valence-corrected chi connectivity index (χ4v) is 4.46. The number of ether oxygens (including phenoxy) is 2. The highest BCUT2D eigenvalue weighted by atomic mass is 35.5. The van der Waals surface area contributed by atoms with Crippen LogP contribution in [0.1, 0.15) is 36.6 Å². The number of halogens is 1. The van der Waals surface area contributed by atoms with Crippen LogP contribution in [0.25, 0.3) is 5.76 Å². The van der Waals surface area contributed by atoms with E-state index >= 15 is 0 Å². The van der Waals surface area contributed by atoms with Crippen LogP contribution in [0.2, 0.25) is 5.02 Å². The summed E-state index contributed by atoms with van der Waals surface area (Å²) < 4.78 is 11.0. The van der Waals surface area contributed by atoms with E-state index in [1.165, 1.54) is 12.0 Å². The number of hydrogen-bond acceptors (Lipinski definition) is 5. The van der Waals surface area contributed by atoms with Gasteiger partial charge in [0.15, 0.2) is 0 Å². The molecule has 0 bridgehead atoms. The van der Waals surface area contributed by atoms with Gasteiger partial charge in [0.25, 0.3) is 11.7 Å². The van der Waals surface area contributed by atoms with Crippen molar-refractivity contribution in [3.05, 3.63) is 94.0 Å². The fourth-order valence-electron chi connectivity index (χ4n) is 4.21. The van der Waals surface area contributed by atoms with Crippen LogP contribution in [-0.2, 0) is 9.59 Å². The van der Waals surface area contributed by atoms with Gasteiger partial charge >= 0.3 is 0 Å². The summed E-state index contributed by atoms with van der Waals surface area (Å²) in [5.74, 6) is -0.462. The van der Waals surface area contributed by atoms with E-state index in [1.54, 1.807) is 42.5 Å². The van der Waals surface area contributed by atoms with Crippen molar-refractivity contribution in [3.63, 3.8) is 0 Å². The van der Waals surface area contributed by atoms with Crippen molar-refractivity contribution in [1.82, 2.24) is 0 Å². The number of Topliss-reactive ketones (excluding diaryl/α,β-unsaturated/α-hetero) is 1. The van der Waals surface area contributed by atoms with Gasteiger partial charge in [-0.25, -0.2) is 0 Å². The van der Waals surface area contributed by atoms with Gasteiger partial charge in [0, 0.05) is 11.3 Å². The first-order chi connectivity index (χ1) is 17.2. The number of benzene rings is 3. The van der Waals surface area contributed by atoms with Crippen LogP contribution in [0.4, 0.5) is 5.69 Å². The molecule has 1 heterocycles. The van der Waals surface area contributed by atoms with Crippen molar-refractivity contribution in [2.45, 2.75) is 26.8 Å². The monoisotopic (exact) mass is 505 g/mol. The SMILES string of the molecule is COc1ccc(N2C(=O)C(=O)/C(=C(/O)c3cccc(OCC(C)C)c3)C2c2cccc(C)c2)cc1Cl. The number of rotatable bonds is 7. The van der Waals surface area contributed by atoms with Crippen molar-refractivity contribution >= 4 is 34.7 Å². The molecular formula is C29H28ClNO5. The van der Waals surface area contributed by atoms with E-state index in [0.29, 0.717) is 45.9 Å². The zero-order valence-corrected chi connectivity index (χ0v) is 21.4. The van der Waals surface area contributed by atoms with Crippen LogP contribution in [0.5, 0.6) is 11.5 Å². The van der Waals surface area contributed by atoms with Gasteiger partial charge in [-0.2, -0.15) is 0 Å². The second kappa shape index (κ2) is 10.5. The van der Waals surface area contributed by atoms with Crippen LogP contribution >= 0.6 is 11.6 Å². The maximum atomic E-state index is 13.4. The summed E-state index contributed by atoms with van der Waals surface area (Å²) in [6, 6.07) is 18.4. The smallest absolute Gasteiger partial charge is 0.300 e. The highest BCUT2D eigenvalue weighted by Crippen LogP contribution is 2.44. The first kappa shape index (κ1) is 25.3. The Labute approximate surface area is 215 Å². The number of anilines is 1. The number of aryl methyl sites for hydroxylation is 1. The number of hydrogen-bond donors (Lipinski definition) is 1. The molecule has 0 spiro atoms. The molecule has 1 aliphatic heterocycles. The summed E-state index contributed by atoms with van der Waals surface area (Å²) in [6.45, 7) is 6.52. The minimum atomic E-state index is -0.852. The maximum absolute atomic E-state index is 13.4. The standard InChI is InChI=1S/C29H28ClNO5/c1-17(2)16-36-22-10-6-9-20(14-22)27(32)25-26(19-8-5-7-18(3)13-19)31(29(34)28(25)33)21-11-12-24(35-4)23(30)15-21/h5-15,17,26,32H,16H2,1-4H3/b27-25+. The van der Waals surface area contributed by atoms with E-state index in [9.17, 15) is 14.7 Å². The van der Waals surface area contributed by atoms with Crippen LogP contribution in [0.3, 0.4) is 0 Å². The lowest BCUT2D eigenvalue weighted by Gasteiger charge is -2.26. The quantitative estimate of drug-likeness (QED) is 0.231. The van der Waals surface area contributed by atoms with E-state index in [2.05, 4.69) is 0 Å². The molecular weight excluding hydrogens is 478 g/mol. The lowest BCUT2D eigenvalue weighted by atomic mass is 9.94. The number of nitrogens with zero attached hydrogens (tertiary/aromatic N) is 1. The van der Waals surface area contributed by atoms with Crippen molar-refractivity contribution < 1.29 is 24.2 Å². The Bertz CT molecular complexity index is 1350. The van der Waals surface area contributed by atoms with Gasteiger partial charge in [-0.15, -0.1) is 0 Å². The van der Waals surface area contributed by atoms with E-state index in [4.69, 9.17) is 21.1 Å². The molecule has 3 aromatic rings. The minimum Gasteiger partial charge on any atom is -0.507 e. The molecule has 1 atom stereocenters. The summed E-state index contributed by atoms with van der Waals surface area (Å²) in [5.41, 5.74) is 2.45. The van der Waals surface area contributed by atoms with Gasteiger partial charge in [-0.05, 0) is 48.7 Å². The Morgan fingerprint density at radius 2 is 1.81 bits per heavy atom. The molecule has 6 nitrogen and oxygen atoms in total. The molecule has 1 unspecified atom stereocenters. The lowest BCUT2D eigenvalue weighted by Crippen LogP contribution is -2.29. The molecule has 1 saturated heterocycles. The first-order valence-electron chi connectivity index (χ1n) is 11.7. The molecule has 36 heavy (non-hydrogen) atoms. The summed E-state index contributed by atoms with van der Waals surface area (Å²) in [6.07, 6.45) is 0. The van der Waals surface area contributed by atoms with E-state index in [0.717, 1.165) is 5.56 Å². The van der Waals surface area contributed by atoms with Gasteiger partial charge in [0.1, 0.15) is 17.3 Å². The number of aliphatic hydroxyl groups is 1. The second-order valence-electron chi connectivity index (χ2n) is 9.13. The Balaban J connectivity index is 1.88. The minimum absolute atomic E-state index is 0.00134. The lowest BCUT2D eigenvalue weighted by molar-refractivity contribution is -0.132. The number of carbonyl (C=O) groups is 2. The number of methoxy groups -OCH3 is 1. The molecule has 4 rings (SSSR count). The molecule has 0 radical (unpaired) electrons. The molecule has 3 aromatic carbocycles. The first-order valence-corrected chi connectivity index (χ1v) is 12.0. The van der Waals surface area contributed by atoms with Crippen LogP contribution in [0.15, 0.2) is 72.3 Å². The molecule has 0 saturated carbocycles. The Morgan fingerprint density at radius 3 is 2.47 bits per heavy atom. The molecule has 186 valence electrons. The number of aliphatic hydroxyl groups excluding tert-OH is 1. The average molecular weight is 506 g/mol. The third kappa shape index (κ3) is 4.95. The molecule has 1 N–H and O–H groups in total. The van der Waals surface area contributed by atoms with Crippen molar-refractivity contribution in [2.24, 2.45) is 5.92 Å². The van der Waals surface area contributed by atoms with Gasteiger partial charge in [0.05, 0.1) is 30.4 Å². The average Bonchev–Trinajstić information content (AvgIpc) is 3.12. The Morgan fingerprint density at radius 1 is 1.06 bits per heavy atom.